The topological polar surface area (TPSA) is 32.8 Å². The van der Waals surface area contributed by atoms with Crippen LogP contribution in [0.1, 0.15) is 26.2 Å². The van der Waals surface area contributed by atoms with Crippen molar-refractivity contribution >= 4 is 5.97 Å². The maximum absolute atomic E-state index is 13.9. The summed E-state index contributed by atoms with van der Waals surface area (Å²) in [4.78, 5) is 15.4. The van der Waals surface area contributed by atoms with Crippen LogP contribution in [0.3, 0.4) is 0 Å². The van der Waals surface area contributed by atoms with Crippen LogP contribution in [-0.2, 0) is 9.53 Å². The Kier molecular flexibility index (Phi) is 5.16. The second-order valence-corrected chi connectivity index (χ2v) is 5.96. The van der Waals surface area contributed by atoms with Crippen LogP contribution in [0.25, 0.3) is 0 Å². The van der Waals surface area contributed by atoms with Crippen molar-refractivity contribution in [1.29, 1.82) is 0 Å². The second kappa shape index (κ2) is 6.66. The molecular formula is C14H25FN2O2. The quantitative estimate of drug-likeness (QED) is 0.725. The SMILES string of the molecule is CC(=O)O[C@@H]1CCN(CC2CCN(C)CC2)C[C@@H]1F. The number of likely N-dealkylation sites (tertiary alicyclic amines) is 2. The second-order valence-electron chi connectivity index (χ2n) is 5.96. The van der Waals surface area contributed by atoms with Gasteiger partial charge in [-0.2, -0.15) is 0 Å². The van der Waals surface area contributed by atoms with Crippen molar-refractivity contribution in [3.05, 3.63) is 0 Å². The number of carbonyl (C=O) groups excluding carboxylic acids is 1. The molecule has 0 aromatic heterocycles. The van der Waals surface area contributed by atoms with E-state index in [-0.39, 0.29) is 5.97 Å². The maximum atomic E-state index is 13.9. The number of carbonyl (C=O) groups is 1. The molecule has 0 radical (unpaired) electrons. The Hall–Kier alpha value is -0.680. The van der Waals surface area contributed by atoms with Crippen molar-refractivity contribution in [2.24, 2.45) is 5.92 Å². The summed E-state index contributed by atoms with van der Waals surface area (Å²) < 4.78 is 19.0. The molecule has 4 nitrogen and oxygen atoms in total. The molecule has 19 heavy (non-hydrogen) atoms. The predicted octanol–water partition coefficient (Wildman–Crippen LogP) is 1.30. The molecule has 2 atom stereocenters. The summed E-state index contributed by atoms with van der Waals surface area (Å²) in [7, 11) is 2.15. The van der Waals surface area contributed by atoms with Gasteiger partial charge in [0.05, 0.1) is 0 Å². The third-order valence-corrected chi connectivity index (χ3v) is 4.24. The lowest BCUT2D eigenvalue weighted by atomic mass is 9.95. The summed E-state index contributed by atoms with van der Waals surface area (Å²) in [6.45, 7) is 5.87. The van der Waals surface area contributed by atoms with Gasteiger partial charge in [0.1, 0.15) is 12.3 Å². The Labute approximate surface area is 114 Å². The molecule has 2 aliphatic heterocycles. The fourth-order valence-electron chi connectivity index (χ4n) is 3.07. The lowest BCUT2D eigenvalue weighted by Crippen LogP contribution is -2.48. The van der Waals surface area contributed by atoms with Crippen molar-refractivity contribution in [1.82, 2.24) is 9.80 Å². The van der Waals surface area contributed by atoms with Gasteiger partial charge in [-0.15, -0.1) is 0 Å². The van der Waals surface area contributed by atoms with Crippen LogP contribution in [0.4, 0.5) is 4.39 Å². The molecule has 5 heteroatoms. The molecule has 0 N–H and O–H groups in total. The molecule has 0 unspecified atom stereocenters. The largest absolute Gasteiger partial charge is 0.459 e. The summed E-state index contributed by atoms with van der Waals surface area (Å²) in [5, 5.41) is 0. The van der Waals surface area contributed by atoms with E-state index in [9.17, 15) is 9.18 Å². The predicted molar refractivity (Wildman–Crippen MR) is 71.7 cm³/mol. The first-order valence-electron chi connectivity index (χ1n) is 7.27. The van der Waals surface area contributed by atoms with Crippen molar-refractivity contribution in [2.45, 2.75) is 38.5 Å². The Balaban J connectivity index is 1.74. The molecule has 2 fully saturated rings. The number of halogens is 1. The molecule has 0 saturated carbocycles. The van der Waals surface area contributed by atoms with Crippen molar-refractivity contribution < 1.29 is 13.9 Å². The van der Waals surface area contributed by atoms with E-state index in [0.717, 1.165) is 26.2 Å². The number of piperidine rings is 2. The van der Waals surface area contributed by atoms with Crippen LogP contribution in [-0.4, -0.2) is 67.8 Å². The van der Waals surface area contributed by atoms with Gasteiger partial charge in [0.25, 0.3) is 0 Å². The lowest BCUT2D eigenvalue weighted by Gasteiger charge is -2.37. The van der Waals surface area contributed by atoms with Crippen LogP contribution < -0.4 is 0 Å². The first kappa shape index (κ1) is 14.7. The number of hydrogen-bond acceptors (Lipinski definition) is 4. The highest BCUT2D eigenvalue weighted by molar-refractivity contribution is 5.66. The van der Waals surface area contributed by atoms with Crippen LogP contribution in [0.15, 0.2) is 0 Å². The highest BCUT2D eigenvalue weighted by Gasteiger charge is 2.32. The van der Waals surface area contributed by atoms with E-state index in [4.69, 9.17) is 4.74 Å². The van der Waals surface area contributed by atoms with E-state index in [1.54, 1.807) is 0 Å². The first-order valence-corrected chi connectivity index (χ1v) is 7.27. The zero-order valence-corrected chi connectivity index (χ0v) is 12.0. The van der Waals surface area contributed by atoms with Crippen molar-refractivity contribution in [3.63, 3.8) is 0 Å². The Bertz CT molecular complexity index is 306. The molecule has 110 valence electrons. The maximum Gasteiger partial charge on any atom is 0.303 e. The zero-order valence-electron chi connectivity index (χ0n) is 12.0. The summed E-state index contributed by atoms with van der Waals surface area (Å²) >= 11 is 0. The number of ether oxygens (including phenoxy) is 1. The molecule has 0 bridgehead atoms. The monoisotopic (exact) mass is 272 g/mol. The minimum Gasteiger partial charge on any atom is -0.459 e. The Morgan fingerprint density at radius 2 is 1.95 bits per heavy atom. The van der Waals surface area contributed by atoms with Crippen LogP contribution in [0.2, 0.25) is 0 Å². The van der Waals surface area contributed by atoms with Crippen LogP contribution in [0, 0.1) is 5.92 Å². The lowest BCUT2D eigenvalue weighted by molar-refractivity contribution is -0.153. The Morgan fingerprint density at radius 1 is 1.26 bits per heavy atom. The standard InChI is InChI=1S/C14H25FN2O2/c1-11(18)19-14-5-8-17(10-13(14)15)9-12-3-6-16(2)7-4-12/h12-14H,3-10H2,1-2H3/t13-,14+/m0/s1. The minimum atomic E-state index is -1.04. The van der Waals surface area contributed by atoms with Gasteiger partial charge in [0.2, 0.25) is 0 Å². The van der Waals surface area contributed by atoms with Gasteiger partial charge in [0.15, 0.2) is 0 Å². The molecule has 2 aliphatic rings. The number of hydrogen-bond donors (Lipinski definition) is 0. The van der Waals surface area contributed by atoms with Gasteiger partial charge in [0, 0.05) is 33.0 Å². The van der Waals surface area contributed by atoms with E-state index in [0.29, 0.717) is 18.9 Å². The summed E-state index contributed by atoms with van der Waals surface area (Å²) in [6, 6.07) is 0. The number of nitrogens with zero attached hydrogens (tertiary/aromatic N) is 2. The third-order valence-electron chi connectivity index (χ3n) is 4.24. The molecule has 2 heterocycles. The minimum absolute atomic E-state index is 0.378. The average molecular weight is 272 g/mol. The van der Waals surface area contributed by atoms with Gasteiger partial charge in [-0.25, -0.2) is 4.39 Å². The number of rotatable bonds is 3. The molecule has 0 aromatic rings. The Morgan fingerprint density at radius 3 is 2.53 bits per heavy atom. The van der Waals surface area contributed by atoms with Crippen LogP contribution in [0.5, 0.6) is 0 Å². The van der Waals surface area contributed by atoms with E-state index >= 15 is 0 Å². The van der Waals surface area contributed by atoms with E-state index in [1.807, 2.05) is 0 Å². The molecule has 0 aromatic carbocycles. The summed E-state index contributed by atoms with van der Waals surface area (Å²) in [6.07, 6.45) is 1.46. The average Bonchev–Trinajstić information content (AvgIpc) is 2.35. The zero-order chi connectivity index (χ0) is 13.8. The normalized spacial score (nSPS) is 31.3. The number of alkyl halides is 1. The van der Waals surface area contributed by atoms with Crippen LogP contribution >= 0.6 is 0 Å². The highest BCUT2D eigenvalue weighted by atomic mass is 19.1. The molecule has 2 rings (SSSR count). The van der Waals surface area contributed by atoms with Gasteiger partial charge in [-0.1, -0.05) is 0 Å². The van der Waals surface area contributed by atoms with Gasteiger partial charge >= 0.3 is 5.97 Å². The summed E-state index contributed by atoms with van der Waals surface area (Å²) in [5.41, 5.74) is 0. The fraction of sp³-hybridized carbons (Fsp3) is 0.929. The van der Waals surface area contributed by atoms with Crippen molar-refractivity contribution in [3.8, 4) is 0 Å². The molecular weight excluding hydrogens is 247 g/mol. The third kappa shape index (κ3) is 4.42. The van der Waals surface area contributed by atoms with Gasteiger partial charge < -0.3 is 9.64 Å². The van der Waals surface area contributed by atoms with Crippen molar-refractivity contribution in [2.75, 3.05) is 39.8 Å². The van der Waals surface area contributed by atoms with E-state index < -0.39 is 12.3 Å². The van der Waals surface area contributed by atoms with E-state index in [1.165, 1.54) is 19.8 Å². The molecule has 0 amide bonds. The summed E-state index contributed by atoms with van der Waals surface area (Å²) in [5.74, 6) is 0.310. The molecule has 2 saturated heterocycles. The van der Waals surface area contributed by atoms with Gasteiger partial charge in [-0.3, -0.25) is 9.69 Å². The number of esters is 1. The van der Waals surface area contributed by atoms with Gasteiger partial charge in [-0.05, 0) is 38.9 Å². The molecule has 0 spiro atoms. The van der Waals surface area contributed by atoms with E-state index in [2.05, 4.69) is 16.8 Å². The fourth-order valence-corrected chi connectivity index (χ4v) is 3.07. The smallest absolute Gasteiger partial charge is 0.303 e. The first-order chi connectivity index (χ1) is 9.04. The molecule has 0 aliphatic carbocycles. The highest BCUT2D eigenvalue weighted by Crippen LogP contribution is 2.22.